The number of carbonyl (C=O) groups excluding carboxylic acids is 1. The molecule has 0 N–H and O–H groups in total. The third-order valence-corrected chi connectivity index (χ3v) is 3.06. The van der Waals surface area contributed by atoms with Crippen molar-refractivity contribution in [2.24, 2.45) is 0 Å². The largest absolute Gasteiger partial charge is 0.493 e. The van der Waals surface area contributed by atoms with Gasteiger partial charge in [-0.2, -0.15) is 0 Å². The molecule has 0 aromatic heterocycles. The summed E-state index contributed by atoms with van der Waals surface area (Å²) >= 11 is 0. The Morgan fingerprint density at radius 3 is 2.48 bits per heavy atom. The van der Waals surface area contributed by atoms with E-state index in [0.29, 0.717) is 24.6 Å². The zero-order chi connectivity index (χ0) is 15.7. The highest BCUT2D eigenvalue weighted by atomic mass is 16.5. The molecule has 4 heteroatoms. The Morgan fingerprint density at radius 2 is 1.90 bits per heavy atom. The molecule has 0 aliphatic heterocycles. The van der Waals surface area contributed by atoms with Crippen LogP contribution < -0.4 is 9.47 Å². The molecule has 0 aliphatic rings. The number of nitrogens with zero attached hydrogens (tertiary/aromatic N) is 1. The summed E-state index contributed by atoms with van der Waals surface area (Å²) in [6.45, 7) is 5.06. The van der Waals surface area contributed by atoms with Gasteiger partial charge in [0.15, 0.2) is 11.5 Å². The van der Waals surface area contributed by atoms with E-state index in [4.69, 9.17) is 9.47 Å². The van der Waals surface area contributed by atoms with Gasteiger partial charge in [-0.3, -0.25) is 4.79 Å². The summed E-state index contributed by atoms with van der Waals surface area (Å²) in [5.41, 5.74) is 1.00. The van der Waals surface area contributed by atoms with E-state index in [1.165, 1.54) is 0 Å². The summed E-state index contributed by atoms with van der Waals surface area (Å²) in [5, 5.41) is 0. The fourth-order valence-corrected chi connectivity index (χ4v) is 1.90. The zero-order valence-corrected chi connectivity index (χ0v) is 13.1. The van der Waals surface area contributed by atoms with Crippen LogP contribution in [0.1, 0.15) is 19.4 Å². The molecule has 0 radical (unpaired) electrons. The Hall–Kier alpha value is -2.23. The summed E-state index contributed by atoms with van der Waals surface area (Å²) in [5.74, 6) is 1.34. The number of carbonyl (C=O) groups is 1. The molecule has 0 saturated heterocycles. The number of ether oxygens (including phenoxy) is 2. The summed E-state index contributed by atoms with van der Waals surface area (Å²) in [6.07, 6.45) is 7.04. The van der Waals surface area contributed by atoms with E-state index in [0.717, 1.165) is 5.56 Å². The highest BCUT2D eigenvalue weighted by Crippen LogP contribution is 2.28. The first-order valence-corrected chi connectivity index (χ1v) is 6.95. The second-order valence-electron chi connectivity index (χ2n) is 4.43. The van der Waals surface area contributed by atoms with Crippen molar-refractivity contribution in [2.45, 2.75) is 20.4 Å². The summed E-state index contributed by atoms with van der Waals surface area (Å²) in [4.78, 5) is 13.8. The van der Waals surface area contributed by atoms with Crippen LogP contribution in [0.2, 0.25) is 0 Å². The monoisotopic (exact) mass is 289 g/mol. The normalized spacial score (nSPS) is 11.0. The molecule has 0 spiro atoms. The zero-order valence-electron chi connectivity index (χ0n) is 13.1. The van der Waals surface area contributed by atoms with Gasteiger partial charge in [-0.05, 0) is 31.5 Å². The van der Waals surface area contributed by atoms with Crippen molar-refractivity contribution in [1.29, 1.82) is 0 Å². The van der Waals surface area contributed by atoms with E-state index in [9.17, 15) is 4.79 Å². The van der Waals surface area contributed by atoms with Crippen molar-refractivity contribution in [3.63, 3.8) is 0 Å². The molecule has 1 aromatic carbocycles. The Bertz CT molecular complexity index is 521. The molecule has 0 heterocycles. The van der Waals surface area contributed by atoms with Gasteiger partial charge in [-0.25, -0.2) is 0 Å². The Kier molecular flexibility index (Phi) is 7.09. The summed E-state index contributed by atoms with van der Waals surface area (Å²) in [7, 11) is 3.20. The minimum atomic E-state index is -0.00890. The van der Waals surface area contributed by atoms with Crippen molar-refractivity contribution in [1.82, 2.24) is 4.90 Å². The minimum absolute atomic E-state index is 0.00890. The maximum Gasteiger partial charge on any atom is 0.246 e. The molecule has 1 amide bonds. The Morgan fingerprint density at radius 1 is 1.19 bits per heavy atom. The molecule has 1 rings (SSSR count). The lowest BCUT2D eigenvalue weighted by atomic mass is 10.2. The van der Waals surface area contributed by atoms with Gasteiger partial charge in [0.2, 0.25) is 5.91 Å². The highest BCUT2D eigenvalue weighted by Gasteiger charge is 2.11. The van der Waals surface area contributed by atoms with Crippen molar-refractivity contribution >= 4 is 5.91 Å². The molecule has 1 aromatic rings. The lowest BCUT2D eigenvalue weighted by Gasteiger charge is -2.20. The molecule has 0 unspecified atom stereocenters. The molecule has 0 fully saturated rings. The van der Waals surface area contributed by atoms with Crippen LogP contribution in [-0.2, 0) is 11.3 Å². The molecule has 21 heavy (non-hydrogen) atoms. The van der Waals surface area contributed by atoms with E-state index in [1.54, 1.807) is 31.3 Å². The molecular formula is C17H23NO3. The van der Waals surface area contributed by atoms with Crippen LogP contribution in [0.15, 0.2) is 42.5 Å². The van der Waals surface area contributed by atoms with Crippen molar-refractivity contribution < 1.29 is 14.3 Å². The number of likely N-dealkylation sites (N-methyl/N-ethyl adjacent to an activating group) is 1. The number of benzene rings is 1. The van der Waals surface area contributed by atoms with Gasteiger partial charge >= 0.3 is 0 Å². The topological polar surface area (TPSA) is 38.8 Å². The quantitative estimate of drug-likeness (QED) is 0.571. The van der Waals surface area contributed by atoms with Crippen LogP contribution in [0.5, 0.6) is 11.5 Å². The third-order valence-electron chi connectivity index (χ3n) is 3.06. The average molecular weight is 289 g/mol. The molecule has 0 bridgehead atoms. The van der Waals surface area contributed by atoms with Crippen LogP contribution in [0, 0.1) is 0 Å². The minimum Gasteiger partial charge on any atom is -0.493 e. The second-order valence-corrected chi connectivity index (χ2v) is 4.43. The van der Waals surface area contributed by atoms with Gasteiger partial charge in [-0.1, -0.05) is 24.3 Å². The molecule has 4 nitrogen and oxygen atoms in total. The van der Waals surface area contributed by atoms with E-state index in [1.807, 2.05) is 44.2 Å². The highest BCUT2D eigenvalue weighted by molar-refractivity contribution is 5.87. The first-order chi connectivity index (χ1) is 10.2. The molecule has 114 valence electrons. The average Bonchev–Trinajstić information content (AvgIpc) is 2.52. The van der Waals surface area contributed by atoms with Gasteiger partial charge in [0.05, 0.1) is 14.2 Å². The first-order valence-electron chi connectivity index (χ1n) is 6.95. The van der Waals surface area contributed by atoms with Crippen LogP contribution in [0.4, 0.5) is 0 Å². The number of rotatable bonds is 7. The van der Waals surface area contributed by atoms with E-state index < -0.39 is 0 Å². The first kappa shape index (κ1) is 16.8. The summed E-state index contributed by atoms with van der Waals surface area (Å²) < 4.78 is 10.5. The predicted molar refractivity (Wildman–Crippen MR) is 84.6 cm³/mol. The Balaban J connectivity index is 2.84. The number of methoxy groups -OCH3 is 2. The van der Waals surface area contributed by atoms with Crippen molar-refractivity contribution in [2.75, 3.05) is 20.8 Å². The fraction of sp³-hybridized carbons (Fsp3) is 0.353. The molecular weight excluding hydrogens is 266 g/mol. The maximum atomic E-state index is 12.1. The smallest absolute Gasteiger partial charge is 0.246 e. The fourth-order valence-electron chi connectivity index (χ4n) is 1.90. The maximum absolute atomic E-state index is 12.1. The van der Waals surface area contributed by atoms with Gasteiger partial charge in [0.1, 0.15) is 0 Å². The van der Waals surface area contributed by atoms with Crippen LogP contribution >= 0.6 is 0 Å². The molecule has 0 aliphatic carbocycles. The Labute approximate surface area is 126 Å². The van der Waals surface area contributed by atoms with E-state index in [-0.39, 0.29) is 5.91 Å². The lowest BCUT2D eigenvalue weighted by molar-refractivity contribution is -0.126. The SMILES string of the molecule is C/C=C/C=C/C(=O)N(CC)Cc1ccc(OC)c(OC)c1. The van der Waals surface area contributed by atoms with Crippen molar-refractivity contribution in [3.8, 4) is 11.5 Å². The lowest BCUT2D eigenvalue weighted by Crippen LogP contribution is -2.28. The van der Waals surface area contributed by atoms with Gasteiger partial charge < -0.3 is 14.4 Å². The van der Waals surface area contributed by atoms with E-state index in [2.05, 4.69) is 0 Å². The van der Waals surface area contributed by atoms with Crippen molar-refractivity contribution in [3.05, 3.63) is 48.1 Å². The summed E-state index contributed by atoms with van der Waals surface area (Å²) in [6, 6.07) is 5.68. The van der Waals surface area contributed by atoms with Gasteiger partial charge in [-0.15, -0.1) is 0 Å². The standard InChI is InChI=1S/C17H23NO3/c1-5-7-8-9-17(19)18(6-2)13-14-10-11-15(20-3)16(12-14)21-4/h5,7-12H,6,13H2,1-4H3/b7-5+,9-8+. The van der Waals surface area contributed by atoms with Crippen LogP contribution in [0.25, 0.3) is 0 Å². The molecule has 0 atom stereocenters. The van der Waals surface area contributed by atoms with Crippen LogP contribution in [-0.4, -0.2) is 31.6 Å². The van der Waals surface area contributed by atoms with E-state index >= 15 is 0 Å². The number of hydrogen-bond donors (Lipinski definition) is 0. The van der Waals surface area contributed by atoms with Gasteiger partial charge in [0, 0.05) is 19.2 Å². The molecule has 0 saturated carbocycles. The van der Waals surface area contributed by atoms with Crippen LogP contribution in [0.3, 0.4) is 0 Å². The second kappa shape index (κ2) is 8.84. The number of amides is 1. The number of allylic oxidation sites excluding steroid dienone is 3. The number of hydrogen-bond acceptors (Lipinski definition) is 3. The predicted octanol–water partition coefficient (Wildman–Crippen LogP) is 3.18. The third kappa shape index (κ3) is 4.99. The van der Waals surface area contributed by atoms with Gasteiger partial charge in [0.25, 0.3) is 0 Å².